The molecule has 0 aliphatic carbocycles. The summed E-state index contributed by atoms with van der Waals surface area (Å²) in [6.45, 7) is 3.97. The van der Waals surface area contributed by atoms with Crippen LogP contribution in [0.3, 0.4) is 0 Å². The number of nitrogens with two attached hydrogens (primary N) is 1. The van der Waals surface area contributed by atoms with Crippen LogP contribution in [0.4, 0.5) is 32.2 Å². The molecule has 0 atom stereocenters. The van der Waals surface area contributed by atoms with Gasteiger partial charge in [-0.05, 0) is 62.7 Å². The van der Waals surface area contributed by atoms with Gasteiger partial charge in [0.15, 0.2) is 5.82 Å². The molecule has 14 nitrogen and oxygen atoms in total. The Morgan fingerprint density at radius 3 is 2.16 bits per heavy atom. The number of nitrogen functional groups attached to an aromatic ring is 1. The van der Waals surface area contributed by atoms with Gasteiger partial charge in [0.1, 0.15) is 11.4 Å². The number of halogens is 6. The first-order valence-corrected chi connectivity index (χ1v) is 14.4. The third-order valence-corrected chi connectivity index (χ3v) is 6.96. The number of aryl methyl sites for hydroxylation is 1. The average molecular weight is 708 g/mol. The van der Waals surface area contributed by atoms with Crippen molar-refractivity contribution in [3.8, 4) is 28.3 Å². The highest BCUT2D eigenvalue weighted by Gasteiger charge is 2.38. The molecule has 1 fully saturated rings. The molecule has 1 aliphatic rings. The number of carbonyl (C=O) groups is 2. The number of carboxylic acids is 2. The van der Waals surface area contributed by atoms with Crippen molar-refractivity contribution in [1.82, 2.24) is 39.8 Å². The quantitative estimate of drug-likeness (QED) is 0.194. The fourth-order valence-corrected chi connectivity index (χ4v) is 4.54. The van der Waals surface area contributed by atoms with Gasteiger partial charge in [-0.1, -0.05) is 6.07 Å². The van der Waals surface area contributed by atoms with Gasteiger partial charge in [-0.25, -0.2) is 19.6 Å². The molecule has 0 bridgehead atoms. The van der Waals surface area contributed by atoms with Gasteiger partial charge in [-0.3, -0.25) is 14.5 Å². The van der Waals surface area contributed by atoms with E-state index in [0.29, 0.717) is 28.8 Å². The van der Waals surface area contributed by atoms with Crippen LogP contribution in [0.25, 0.3) is 39.2 Å². The average Bonchev–Trinajstić information content (AvgIpc) is 3.56. The summed E-state index contributed by atoms with van der Waals surface area (Å²) < 4.78 is 66.8. The van der Waals surface area contributed by atoms with E-state index in [1.54, 1.807) is 24.7 Å². The first kappa shape index (κ1) is 36.9. The van der Waals surface area contributed by atoms with E-state index in [4.69, 9.17) is 30.5 Å². The Labute approximate surface area is 277 Å². The number of benzene rings is 1. The van der Waals surface area contributed by atoms with Gasteiger partial charge < -0.3 is 21.3 Å². The molecule has 264 valence electrons. The minimum atomic E-state index is -5.08. The predicted octanol–water partition coefficient (Wildman–Crippen LogP) is 4.18. The van der Waals surface area contributed by atoms with Gasteiger partial charge in [-0.15, -0.1) is 0 Å². The summed E-state index contributed by atoms with van der Waals surface area (Å²) in [5.41, 5.74) is 10.7. The zero-order valence-corrected chi connectivity index (χ0v) is 25.8. The molecule has 6 rings (SSSR count). The Morgan fingerprint density at radius 1 is 0.900 bits per heavy atom. The van der Waals surface area contributed by atoms with Crippen molar-refractivity contribution in [2.24, 2.45) is 0 Å². The Kier molecular flexibility index (Phi) is 11.1. The fourth-order valence-electron chi connectivity index (χ4n) is 4.54. The second-order valence-corrected chi connectivity index (χ2v) is 10.6. The van der Waals surface area contributed by atoms with Crippen LogP contribution in [-0.4, -0.2) is 82.1 Å². The number of pyridine rings is 1. The van der Waals surface area contributed by atoms with E-state index in [0.717, 1.165) is 48.0 Å². The number of aromatic nitrogens is 7. The van der Waals surface area contributed by atoms with Crippen LogP contribution in [-0.2, 0) is 9.59 Å². The molecule has 5 N–H and O–H groups in total. The number of alkyl halides is 6. The molecule has 50 heavy (non-hydrogen) atoms. The molecule has 4 aromatic heterocycles. The van der Waals surface area contributed by atoms with Crippen molar-refractivity contribution in [1.29, 1.82) is 0 Å². The molecule has 5 aromatic rings. The third kappa shape index (κ3) is 9.36. The molecular weight excluding hydrogens is 680 g/mol. The molecule has 1 aromatic carbocycles. The lowest BCUT2D eigenvalue weighted by atomic mass is 10.1. The number of hydrogen-bond acceptors (Lipinski definition) is 10. The van der Waals surface area contributed by atoms with Crippen molar-refractivity contribution in [3.63, 3.8) is 0 Å². The van der Waals surface area contributed by atoms with Crippen molar-refractivity contribution in [3.05, 3.63) is 77.1 Å². The predicted molar refractivity (Wildman–Crippen MR) is 165 cm³/mol. The number of anilines is 1. The third-order valence-electron chi connectivity index (χ3n) is 6.96. The number of fused-ring (bicyclic) bond motifs is 1. The zero-order valence-electron chi connectivity index (χ0n) is 25.8. The van der Waals surface area contributed by atoms with E-state index in [1.165, 1.54) is 10.7 Å². The molecule has 1 saturated heterocycles. The standard InChI is InChI=1S/C26H25N9O.2C2HF3O2/c1-16-10-17-2-3-20(11-22(17)29-12-16)35-24(36)5-4-21(33-35)25-26(27)30-14-23(32-25)18-13-31-34(15-18)19-6-8-28-9-7-19;2*3-2(4,5)1(6)7/h2-5,10-15,19,28H,6-9H2,1H3,(H2,27,30);2*(H,6,7). The van der Waals surface area contributed by atoms with Gasteiger partial charge in [-0.2, -0.15) is 41.2 Å². The van der Waals surface area contributed by atoms with E-state index in [2.05, 4.69) is 25.5 Å². The van der Waals surface area contributed by atoms with E-state index in [1.807, 2.05) is 42.1 Å². The molecule has 1 aliphatic heterocycles. The molecular formula is C30H27F6N9O5. The number of rotatable bonds is 4. The molecule has 20 heteroatoms. The highest BCUT2D eigenvalue weighted by atomic mass is 19.4. The van der Waals surface area contributed by atoms with Crippen LogP contribution in [0.1, 0.15) is 24.4 Å². The van der Waals surface area contributed by atoms with E-state index >= 15 is 0 Å². The maximum Gasteiger partial charge on any atom is 0.490 e. The molecule has 5 heterocycles. The lowest BCUT2D eigenvalue weighted by Crippen LogP contribution is -2.29. The highest BCUT2D eigenvalue weighted by molar-refractivity contribution is 5.81. The van der Waals surface area contributed by atoms with Crippen LogP contribution in [0, 0.1) is 6.92 Å². The normalized spacial score (nSPS) is 13.5. The second-order valence-electron chi connectivity index (χ2n) is 10.6. The van der Waals surface area contributed by atoms with Crippen molar-refractivity contribution >= 4 is 28.7 Å². The minimum absolute atomic E-state index is 0.234. The van der Waals surface area contributed by atoms with E-state index in [-0.39, 0.29) is 11.4 Å². The van der Waals surface area contributed by atoms with Crippen LogP contribution in [0.5, 0.6) is 0 Å². The van der Waals surface area contributed by atoms with E-state index in [9.17, 15) is 31.1 Å². The number of nitrogens with zero attached hydrogens (tertiary/aromatic N) is 7. The maximum atomic E-state index is 12.7. The van der Waals surface area contributed by atoms with Crippen LogP contribution < -0.4 is 16.6 Å². The van der Waals surface area contributed by atoms with Crippen molar-refractivity contribution in [2.75, 3.05) is 18.8 Å². The van der Waals surface area contributed by atoms with Gasteiger partial charge in [0.05, 0.1) is 35.3 Å². The summed E-state index contributed by atoms with van der Waals surface area (Å²) in [6.07, 6.45) is -0.865. The summed E-state index contributed by atoms with van der Waals surface area (Å²) in [6, 6.07) is 11.1. The first-order valence-electron chi connectivity index (χ1n) is 14.4. The number of carboxylic acid groups (broad SMARTS) is 2. The maximum absolute atomic E-state index is 12.7. The highest BCUT2D eigenvalue weighted by Crippen LogP contribution is 2.26. The molecule has 0 spiro atoms. The Balaban J connectivity index is 0.000000340. The number of hydrogen-bond donors (Lipinski definition) is 4. The van der Waals surface area contributed by atoms with Gasteiger partial charge in [0, 0.05) is 29.4 Å². The smallest absolute Gasteiger partial charge is 0.475 e. The number of nitrogens with one attached hydrogen (secondary N) is 1. The topological polar surface area (TPSA) is 204 Å². The van der Waals surface area contributed by atoms with Gasteiger partial charge in [0.25, 0.3) is 5.56 Å². The summed E-state index contributed by atoms with van der Waals surface area (Å²) in [4.78, 5) is 44.1. The van der Waals surface area contributed by atoms with Gasteiger partial charge in [0.2, 0.25) is 0 Å². The van der Waals surface area contributed by atoms with Gasteiger partial charge >= 0.3 is 24.3 Å². The Bertz CT molecular complexity index is 2030. The Hall–Kier alpha value is -5.92. The summed E-state index contributed by atoms with van der Waals surface area (Å²) in [7, 11) is 0. The first-order chi connectivity index (χ1) is 23.4. The number of piperidine rings is 1. The van der Waals surface area contributed by atoms with Crippen LogP contribution in [0.2, 0.25) is 0 Å². The van der Waals surface area contributed by atoms with Crippen molar-refractivity contribution < 1.29 is 46.1 Å². The fraction of sp³-hybridized carbons (Fsp3) is 0.267. The minimum Gasteiger partial charge on any atom is -0.475 e. The van der Waals surface area contributed by atoms with Crippen LogP contribution in [0.15, 0.2) is 66.0 Å². The largest absolute Gasteiger partial charge is 0.490 e. The molecule has 0 unspecified atom stereocenters. The van der Waals surface area contributed by atoms with Crippen molar-refractivity contribution in [2.45, 2.75) is 38.2 Å². The lowest BCUT2D eigenvalue weighted by Gasteiger charge is -2.22. The summed E-state index contributed by atoms with van der Waals surface area (Å²) in [5.74, 6) is -5.28. The van der Waals surface area contributed by atoms with Crippen LogP contribution >= 0.6 is 0 Å². The summed E-state index contributed by atoms with van der Waals surface area (Å²) >= 11 is 0. The van der Waals surface area contributed by atoms with E-state index < -0.39 is 24.3 Å². The monoisotopic (exact) mass is 707 g/mol. The second kappa shape index (κ2) is 15.1. The SMILES string of the molecule is Cc1cnc2cc(-n3nc(-c4nc(-c5cnn(C6CCNCC6)c5)cnc4N)ccc3=O)ccc2c1.O=C(O)C(F)(F)F.O=C(O)C(F)(F)F. The number of aliphatic carboxylic acids is 2. The molecule has 0 amide bonds. The molecule has 0 saturated carbocycles. The zero-order chi connectivity index (χ0) is 36.8. The molecule has 0 radical (unpaired) electrons. The summed E-state index contributed by atoms with van der Waals surface area (Å²) in [5, 5.41) is 27.8. The lowest BCUT2D eigenvalue weighted by molar-refractivity contribution is -0.193. The Morgan fingerprint density at radius 2 is 1.54 bits per heavy atom.